The Bertz CT molecular complexity index is 400. The first-order valence-corrected chi connectivity index (χ1v) is 6.92. The van der Waals surface area contributed by atoms with Crippen LogP contribution in [0.2, 0.25) is 0 Å². The van der Waals surface area contributed by atoms with Crippen molar-refractivity contribution >= 4 is 0 Å². The van der Waals surface area contributed by atoms with E-state index in [1.165, 1.54) is 25.7 Å². The molecule has 2 atom stereocenters. The quantitative estimate of drug-likeness (QED) is 0.777. The largest absolute Gasteiger partial charge is 0.508 e. The summed E-state index contributed by atoms with van der Waals surface area (Å²) in [6.07, 6.45) is 9.75. The Hall–Kier alpha value is -1.28. The molecule has 1 aliphatic rings. The monoisotopic (exact) mass is 245 g/mol. The molecule has 1 aromatic rings. The topological polar surface area (TPSA) is 32.3 Å². The number of para-hydroxylation sites is 1. The zero-order chi connectivity index (χ0) is 12.8. The number of hydrogen-bond donors (Lipinski definition) is 2. The second kappa shape index (κ2) is 6.60. The number of nitrogens with one attached hydrogen (secondary N) is 1. The van der Waals surface area contributed by atoms with Crippen molar-refractivity contribution in [3.05, 3.63) is 42.0 Å². The van der Waals surface area contributed by atoms with Crippen LogP contribution in [0.3, 0.4) is 0 Å². The van der Waals surface area contributed by atoms with Gasteiger partial charge >= 0.3 is 0 Å². The van der Waals surface area contributed by atoms with E-state index in [4.69, 9.17) is 0 Å². The molecule has 0 saturated heterocycles. The highest BCUT2D eigenvalue weighted by molar-refractivity contribution is 5.31. The lowest BCUT2D eigenvalue weighted by Crippen LogP contribution is -2.27. The molecule has 1 aliphatic carbocycles. The molecule has 0 amide bonds. The zero-order valence-corrected chi connectivity index (χ0v) is 11.1. The van der Waals surface area contributed by atoms with E-state index in [-0.39, 0.29) is 0 Å². The van der Waals surface area contributed by atoms with Gasteiger partial charge in [-0.2, -0.15) is 0 Å². The van der Waals surface area contributed by atoms with E-state index in [1.54, 1.807) is 6.07 Å². The van der Waals surface area contributed by atoms with Crippen LogP contribution in [0.1, 0.15) is 38.2 Å². The van der Waals surface area contributed by atoms with Gasteiger partial charge in [-0.3, -0.25) is 0 Å². The molecular formula is C16H23NO. The lowest BCUT2D eigenvalue weighted by molar-refractivity contribution is 0.409. The summed E-state index contributed by atoms with van der Waals surface area (Å²) in [4.78, 5) is 0. The fourth-order valence-electron chi connectivity index (χ4n) is 2.56. The van der Waals surface area contributed by atoms with E-state index in [9.17, 15) is 5.11 Å². The molecule has 2 nitrogen and oxygen atoms in total. The van der Waals surface area contributed by atoms with Crippen molar-refractivity contribution in [1.29, 1.82) is 0 Å². The lowest BCUT2D eigenvalue weighted by Gasteiger charge is -2.21. The first kappa shape index (κ1) is 13.2. The highest BCUT2D eigenvalue weighted by Gasteiger charge is 2.12. The molecular weight excluding hydrogens is 222 g/mol. The summed E-state index contributed by atoms with van der Waals surface area (Å²) in [5.41, 5.74) is 0.975. The predicted molar refractivity (Wildman–Crippen MR) is 75.5 cm³/mol. The van der Waals surface area contributed by atoms with Gasteiger partial charge in [0.05, 0.1) is 0 Å². The molecule has 0 aliphatic heterocycles. The van der Waals surface area contributed by atoms with E-state index in [0.717, 1.165) is 18.0 Å². The smallest absolute Gasteiger partial charge is 0.120 e. The first-order chi connectivity index (χ1) is 8.75. The van der Waals surface area contributed by atoms with Gasteiger partial charge in [-0.25, -0.2) is 0 Å². The van der Waals surface area contributed by atoms with Gasteiger partial charge in [0.2, 0.25) is 0 Å². The molecule has 0 spiro atoms. The van der Waals surface area contributed by atoms with Crippen LogP contribution in [0.4, 0.5) is 0 Å². The Kier molecular flexibility index (Phi) is 4.82. The molecule has 2 N–H and O–H groups in total. The Balaban J connectivity index is 1.77. The first-order valence-electron chi connectivity index (χ1n) is 6.92. The Morgan fingerprint density at radius 1 is 1.39 bits per heavy atom. The minimum atomic E-state index is 0.384. The van der Waals surface area contributed by atoms with Crippen LogP contribution < -0.4 is 5.32 Å². The van der Waals surface area contributed by atoms with Crippen LogP contribution in [0.5, 0.6) is 5.75 Å². The van der Waals surface area contributed by atoms with Gasteiger partial charge in [0.1, 0.15) is 5.75 Å². The van der Waals surface area contributed by atoms with Crippen molar-refractivity contribution in [3.8, 4) is 5.75 Å². The molecule has 98 valence electrons. The number of aromatic hydroxyl groups is 1. The fourth-order valence-corrected chi connectivity index (χ4v) is 2.56. The highest BCUT2D eigenvalue weighted by Crippen LogP contribution is 2.22. The average Bonchev–Trinajstić information content (AvgIpc) is 2.39. The molecule has 2 rings (SSSR count). The highest BCUT2D eigenvalue weighted by atomic mass is 16.3. The third-order valence-electron chi connectivity index (χ3n) is 3.64. The molecule has 1 aromatic carbocycles. The predicted octanol–water partition coefficient (Wildman–Crippen LogP) is 3.62. The van der Waals surface area contributed by atoms with E-state index in [0.29, 0.717) is 11.8 Å². The summed E-state index contributed by atoms with van der Waals surface area (Å²) in [7, 11) is 0. The van der Waals surface area contributed by atoms with E-state index in [1.807, 2.05) is 18.2 Å². The molecule has 0 heterocycles. The third-order valence-corrected chi connectivity index (χ3v) is 3.64. The number of phenolic OH excluding ortho intramolecular Hbond substituents is 1. The van der Waals surface area contributed by atoms with Gasteiger partial charge in [-0.05, 0) is 44.6 Å². The maximum Gasteiger partial charge on any atom is 0.120 e. The summed E-state index contributed by atoms with van der Waals surface area (Å²) in [5, 5.41) is 13.2. The van der Waals surface area contributed by atoms with Crippen LogP contribution in [-0.4, -0.2) is 11.1 Å². The van der Waals surface area contributed by atoms with Gasteiger partial charge in [-0.1, -0.05) is 30.4 Å². The van der Waals surface area contributed by atoms with Crippen LogP contribution in [0.25, 0.3) is 0 Å². The normalized spacial score (nSPS) is 20.8. The van der Waals surface area contributed by atoms with E-state index >= 15 is 0 Å². The Morgan fingerprint density at radius 3 is 2.94 bits per heavy atom. The number of benzene rings is 1. The third kappa shape index (κ3) is 3.88. The van der Waals surface area contributed by atoms with Crippen LogP contribution in [-0.2, 0) is 6.54 Å². The molecule has 0 saturated carbocycles. The fraction of sp³-hybridized carbons (Fsp3) is 0.500. The second-order valence-electron chi connectivity index (χ2n) is 5.27. The Labute approximate surface area is 110 Å². The molecule has 0 aromatic heterocycles. The number of allylic oxidation sites excluding steroid dienone is 2. The summed E-state index contributed by atoms with van der Waals surface area (Å²) in [5.74, 6) is 1.11. The molecule has 0 bridgehead atoms. The van der Waals surface area contributed by atoms with Crippen molar-refractivity contribution < 1.29 is 5.11 Å². The van der Waals surface area contributed by atoms with Gasteiger partial charge in [0.25, 0.3) is 0 Å². The molecule has 0 unspecified atom stereocenters. The Morgan fingerprint density at radius 2 is 2.22 bits per heavy atom. The number of rotatable bonds is 5. The van der Waals surface area contributed by atoms with Gasteiger partial charge in [0.15, 0.2) is 0 Å². The standard InChI is InChI=1S/C16H23NO/c1-13(11-14-7-3-2-4-8-14)17-12-15-9-5-6-10-16(15)18/h3,5-7,9-10,13-14,17-18H,2,4,8,11-12H2,1H3/t13-,14-/m0/s1. The van der Waals surface area contributed by atoms with Crippen molar-refractivity contribution in [2.75, 3.05) is 0 Å². The van der Waals surface area contributed by atoms with Crippen LogP contribution in [0.15, 0.2) is 36.4 Å². The zero-order valence-electron chi connectivity index (χ0n) is 11.1. The van der Waals surface area contributed by atoms with Crippen molar-refractivity contribution in [2.24, 2.45) is 5.92 Å². The molecule has 0 fully saturated rings. The minimum absolute atomic E-state index is 0.384. The minimum Gasteiger partial charge on any atom is -0.508 e. The van der Waals surface area contributed by atoms with Gasteiger partial charge < -0.3 is 10.4 Å². The summed E-state index contributed by atoms with van der Waals surface area (Å²) >= 11 is 0. The summed E-state index contributed by atoms with van der Waals surface area (Å²) in [6.45, 7) is 2.96. The molecule has 0 radical (unpaired) electrons. The van der Waals surface area contributed by atoms with Crippen LogP contribution in [0, 0.1) is 5.92 Å². The van der Waals surface area contributed by atoms with Crippen molar-refractivity contribution in [3.63, 3.8) is 0 Å². The second-order valence-corrected chi connectivity index (χ2v) is 5.27. The van der Waals surface area contributed by atoms with E-state index < -0.39 is 0 Å². The molecule has 2 heteroatoms. The summed E-state index contributed by atoms with van der Waals surface area (Å²) in [6, 6.07) is 8.01. The molecule has 18 heavy (non-hydrogen) atoms. The number of hydrogen-bond acceptors (Lipinski definition) is 2. The maximum absolute atomic E-state index is 9.69. The summed E-state index contributed by atoms with van der Waals surface area (Å²) < 4.78 is 0. The van der Waals surface area contributed by atoms with E-state index in [2.05, 4.69) is 24.4 Å². The lowest BCUT2D eigenvalue weighted by atomic mass is 9.90. The van der Waals surface area contributed by atoms with Crippen molar-refractivity contribution in [1.82, 2.24) is 5.32 Å². The van der Waals surface area contributed by atoms with Gasteiger partial charge in [-0.15, -0.1) is 0 Å². The average molecular weight is 245 g/mol. The maximum atomic E-state index is 9.69. The van der Waals surface area contributed by atoms with Crippen LogP contribution >= 0.6 is 0 Å². The van der Waals surface area contributed by atoms with Gasteiger partial charge in [0, 0.05) is 18.2 Å². The van der Waals surface area contributed by atoms with Crippen molar-refractivity contribution in [2.45, 2.75) is 45.2 Å². The number of phenols is 1. The SMILES string of the molecule is C[C@@H](C[C@H]1C=CCCC1)NCc1ccccc1O.